The molecule has 3 unspecified atom stereocenters. The molecule has 0 amide bonds. The van der Waals surface area contributed by atoms with Crippen molar-refractivity contribution in [3.05, 3.63) is 30.3 Å². The number of para-hydroxylation sites is 1. The van der Waals surface area contributed by atoms with Crippen LogP contribution in [0.3, 0.4) is 0 Å². The van der Waals surface area contributed by atoms with Crippen molar-refractivity contribution in [2.75, 3.05) is 0 Å². The van der Waals surface area contributed by atoms with Gasteiger partial charge in [-0.3, -0.25) is 4.79 Å². The number of carbonyl (C=O) groups is 2. The first kappa shape index (κ1) is 18.9. The molecule has 7 heteroatoms. The number of hydrogen-bond acceptors (Lipinski definition) is 5. The van der Waals surface area contributed by atoms with E-state index in [1.165, 1.54) is 13.8 Å². The SMILES string of the molecule is CC(O)C(Oc1ccccc1)C(=O)O.CC(O)CC(=O)O. The van der Waals surface area contributed by atoms with Crippen molar-refractivity contribution in [1.29, 1.82) is 0 Å². The molecular weight excluding hydrogens is 280 g/mol. The van der Waals surface area contributed by atoms with Crippen LogP contribution in [0.1, 0.15) is 20.3 Å². The zero-order chi connectivity index (χ0) is 16.4. The molecule has 0 aliphatic heterocycles. The summed E-state index contributed by atoms with van der Waals surface area (Å²) < 4.78 is 5.09. The third kappa shape index (κ3) is 9.42. The Morgan fingerprint density at radius 1 is 1.10 bits per heavy atom. The van der Waals surface area contributed by atoms with Crippen molar-refractivity contribution in [3.63, 3.8) is 0 Å². The largest absolute Gasteiger partial charge is 0.481 e. The summed E-state index contributed by atoms with van der Waals surface area (Å²) in [5.74, 6) is -1.71. The maximum absolute atomic E-state index is 10.7. The summed E-state index contributed by atoms with van der Waals surface area (Å²) in [6.07, 6.45) is -3.16. The van der Waals surface area contributed by atoms with Gasteiger partial charge in [0.15, 0.2) is 0 Å². The topological polar surface area (TPSA) is 124 Å². The molecule has 0 aliphatic carbocycles. The Hall–Kier alpha value is -2.12. The first-order valence-electron chi connectivity index (χ1n) is 6.26. The van der Waals surface area contributed by atoms with Gasteiger partial charge >= 0.3 is 11.9 Å². The maximum atomic E-state index is 10.7. The van der Waals surface area contributed by atoms with Crippen LogP contribution in [0, 0.1) is 0 Å². The van der Waals surface area contributed by atoms with Crippen LogP contribution in [0.2, 0.25) is 0 Å². The lowest BCUT2D eigenvalue weighted by atomic mass is 10.2. The zero-order valence-corrected chi connectivity index (χ0v) is 11.8. The van der Waals surface area contributed by atoms with Gasteiger partial charge in [0.05, 0.1) is 18.6 Å². The van der Waals surface area contributed by atoms with Crippen LogP contribution in [0.4, 0.5) is 0 Å². The highest BCUT2D eigenvalue weighted by atomic mass is 16.5. The quantitative estimate of drug-likeness (QED) is 0.610. The van der Waals surface area contributed by atoms with Crippen molar-refractivity contribution >= 4 is 11.9 Å². The molecule has 4 N–H and O–H groups in total. The predicted molar refractivity (Wildman–Crippen MR) is 74.1 cm³/mol. The van der Waals surface area contributed by atoms with Gasteiger partial charge in [0.1, 0.15) is 5.75 Å². The Kier molecular flexibility index (Phi) is 8.75. The normalized spacial score (nSPS) is 14.1. The molecule has 0 aromatic heterocycles. The highest BCUT2D eigenvalue weighted by Crippen LogP contribution is 2.12. The number of hydrogen-bond donors (Lipinski definition) is 4. The molecule has 0 heterocycles. The fraction of sp³-hybridized carbons (Fsp3) is 0.429. The van der Waals surface area contributed by atoms with Crippen molar-refractivity contribution in [2.45, 2.75) is 38.6 Å². The van der Waals surface area contributed by atoms with Gasteiger partial charge in [-0.2, -0.15) is 0 Å². The van der Waals surface area contributed by atoms with Crippen molar-refractivity contribution in [3.8, 4) is 5.75 Å². The molecule has 1 rings (SSSR count). The summed E-state index contributed by atoms with van der Waals surface area (Å²) in [6, 6.07) is 8.54. The smallest absolute Gasteiger partial charge is 0.347 e. The van der Waals surface area contributed by atoms with Crippen LogP contribution in [-0.4, -0.2) is 50.7 Å². The number of benzene rings is 1. The van der Waals surface area contributed by atoms with Gasteiger partial charge in [-0.05, 0) is 26.0 Å². The number of aliphatic hydroxyl groups is 2. The van der Waals surface area contributed by atoms with Gasteiger partial charge in [-0.15, -0.1) is 0 Å². The second-order valence-electron chi connectivity index (χ2n) is 4.38. The standard InChI is InChI=1S/C10H12O4.C4H8O3/c1-7(11)9(10(12)13)14-8-5-3-2-4-6-8;1-3(5)2-4(6)7/h2-7,9,11H,1H3,(H,12,13);3,5H,2H2,1H3,(H,6,7). The summed E-state index contributed by atoms with van der Waals surface area (Å²) >= 11 is 0. The average Bonchev–Trinajstić information content (AvgIpc) is 2.35. The fourth-order valence-corrected chi connectivity index (χ4v) is 1.25. The first-order chi connectivity index (χ1) is 9.73. The lowest BCUT2D eigenvalue weighted by Crippen LogP contribution is -2.37. The average molecular weight is 300 g/mol. The number of aliphatic hydroxyl groups excluding tert-OH is 2. The Labute approximate surface area is 122 Å². The molecule has 0 bridgehead atoms. The van der Waals surface area contributed by atoms with Crippen molar-refractivity contribution < 1.29 is 34.8 Å². The lowest BCUT2D eigenvalue weighted by Gasteiger charge is -2.17. The minimum absolute atomic E-state index is 0.167. The number of aliphatic carboxylic acids is 2. The third-order valence-electron chi connectivity index (χ3n) is 2.16. The number of ether oxygens (including phenoxy) is 1. The molecule has 0 aliphatic rings. The number of carboxylic acids is 2. The summed E-state index contributed by atoms with van der Waals surface area (Å²) in [5, 5.41) is 34.1. The predicted octanol–water partition coefficient (Wildman–Crippen LogP) is 0.741. The van der Waals surface area contributed by atoms with E-state index in [9.17, 15) is 9.59 Å². The molecule has 0 fully saturated rings. The highest BCUT2D eigenvalue weighted by Gasteiger charge is 2.24. The summed E-state index contributed by atoms with van der Waals surface area (Å²) in [5.41, 5.74) is 0. The van der Waals surface area contributed by atoms with Crippen LogP contribution >= 0.6 is 0 Å². The molecule has 0 saturated heterocycles. The minimum Gasteiger partial charge on any atom is -0.481 e. The van der Waals surface area contributed by atoms with Gasteiger partial charge < -0.3 is 25.2 Å². The van der Waals surface area contributed by atoms with E-state index in [0.29, 0.717) is 5.75 Å². The van der Waals surface area contributed by atoms with Crippen LogP contribution in [0.25, 0.3) is 0 Å². The van der Waals surface area contributed by atoms with E-state index in [4.69, 9.17) is 25.2 Å². The van der Waals surface area contributed by atoms with Crippen LogP contribution in [0.5, 0.6) is 5.75 Å². The molecule has 118 valence electrons. The second kappa shape index (κ2) is 9.73. The first-order valence-corrected chi connectivity index (χ1v) is 6.26. The van der Waals surface area contributed by atoms with Gasteiger partial charge in [-0.1, -0.05) is 18.2 Å². The van der Waals surface area contributed by atoms with Crippen molar-refractivity contribution in [1.82, 2.24) is 0 Å². The third-order valence-corrected chi connectivity index (χ3v) is 2.16. The van der Waals surface area contributed by atoms with E-state index in [1.54, 1.807) is 30.3 Å². The molecular formula is C14H20O7. The van der Waals surface area contributed by atoms with Crippen LogP contribution in [-0.2, 0) is 9.59 Å². The molecule has 3 atom stereocenters. The van der Waals surface area contributed by atoms with Crippen LogP contribution in [0.15, 0.2) is 30.3 Å². The molecule has 1 aromatic carbocycles. The molecule has 7 nitrogen and oxygen atoms in total. The summed E-state index contributed by atoms with van der Waals surface area (Å²) in [6.45, 7) is 2.82. The van der Waals surface area contributed by atoms with E-state index < -0.39 is 30.3 Å². The highest BCUT2D eigenvalue weighted by molar-refractivity contribution is 5.73. The van der Waals surface area contributed by atoms with E-state index in [2.05, 4.69) is 0 Å². The monoisotopic (exact) mass is 300 g/mol. The molecule has 1 aromatic rings. The second-order valence-corrected chi connectivity index (χ2v) is 4.38. The van der Waals surface area contributed by atoms with Gasteiger partial charge in [-0.25, -0.2) is 4.79 Å². The minimum atomic E-state index is -1.22. The molecule has 0 radical (unpaired) electrons. The van der Waals surface area contributed by atoms with Gasteiger partial charge in [0, 0.05) is 0 Å². The Morgan fingerprint density at radius 3 is 1.90 bits per heavy atom. The van der Waals surface area contributed by atoms with Crippen LogP contribution < -0.4 is 4.74 Å². The van der Waals surface area contributed by atoms with E-state index in [1.807, 2.05) is 0 Å². The number of rotatable bonds is 6. The zero-order valence-electron chi connectivity index (χ0n) is 11.8. The van der Waals surface area contributed by atoms with Gasteiger partial charge in [0.2, 0.25) is 6.10 Å². The summed E-state index contributed by atoms with van der Waals surface area (Å²) in [4.78, 5) is 20.3. The molecule has 21 heavy (non-hydrogen) atoms. The molecule has 0 saturated carbocycles. The maximum Gasteiger partial charge on any atom is 0.347 e. The number of carboxylic acid groups (broad SMARTS) is 2. The lowest BCUT2D eigenvalue weighted by molar-refractivity contribution is -0.149. The Morgan fingerprint density at radius 2 is 1.62 bits per heavy atom. The van der Waals surface area contributed by atoms with Crippen molar-refractivity contribution in [2.24, 2.45) is 0 Å². The van der Waals surface area contributed by atoms with E-state index >= 15 is 0 Å². The molecule has 0 spiro atoms. The summed E-state index contributed by atoms with van der Waals surface area (Å²) in [7, 11) is 0. The van der Waals surface area contributed by atoms with E-state index in [0.717, 1.165) is 0 Å². The Balaban J connectivity index is 0.000000486. The Bertz CT molecular complexity index is 428. The van der Waals surface area contributed by atoms with Gasteiger partial charge in [0.25, 0.3) is 0 Å². The van der Waals surface area contributed by atoms with E-state index in [-0.39, 0.29) is 6.42 Å². The fourth-order valence-electron chi connectivity index (χ4n) is 1.25.